The molecule has 5 heteroatoms. The van der Waals surface area contributed by atoms with Crippen LogP contribution in [-0.2, 0) is 22.0 Å². The van der Waals surface area contributed by atoms with Gasteiger partial charge in [0.1, 0.15) is 5.41 Å². The summed E-state index contributed by atoms with van der Waals surface area (Å²) in [5.74, 6) is -0.771. The van der Waals surface area contributed by atoms with Gasteiger partial charge in [0.05, 0.1) is 6.20 Å². The van der Waals surface area contributed by atoms with Crippen LogP contribution in [0.2, 0.25) is 0 Å². The second kappa shape index (κ2) is 3.90. The monoisotopic (exact) mass is 224 g/mol. The number of hydrogen-bond donors (Lipinski definition) is 1. The summed E-state index contributed by atoms with van der Waals surface area (Å²) in [5.41, 5.74) is 0.937. The second-order valence-electron chi connectivity index (χ2n) is 4.27. The Morgan fingerprint density at radius 3 is 2.62 bits per heavy atom. The predicted molar refractivity (Wildman–Crippen MR) is 57.3 cm³/mol. The van der Waals surface area contributed by atoms with Crippen LogP contribution in [0.3, 0.4) is 0 Å². The van der Waals surface area contributed by atoms with Crippen LogP contribution in [-0.4, -0.2) is 34.1 Å². The van der Waals surface area contributed by atoms with Crippen molar-refractivity contribution in [2.75, 3.05) is 13.2 Å². The van der Waals surface area contributed by atoms with E-state index in [-0.39, 0.29) is 0 Å². The summed E-state index contributed by atoms with van der Waals surface area (Å²) in [6.45, 7) is 2.91. The van der Waals surface area contributed by atoms with Gasteiger partial charge in [0.15, 0.2) is 0 Å². The number of carbonyl (C=O) groups is 1. The van der Waals surface area contributed by atoms with Crippen molar-refractivity contribution in [2.45, 2.75) is 25.2 Å². The average Bonchev–Trinajstić information content (AvgIpc) is 2.61. The molecule has 88 valence electrons. The molecule has 16 heavy (non-hydrogen) atoms. The minimum absolute atomic E-state index is 0.501. The molecule has 0 aromatic carbocycles. The summed E-state index contributed by atoms with van der Waals surface area (Å²) in [7, 11) is 1.83. The fourth-order valence-electron chi connectivity index (χ4n) is 2.29. The number of carboxylic acids is 1. The standard InChI is InChI=1S/C11H16N2O3/c1-8-9(7-12-13(8)2)11(10(14)15)3-5-16-6-4-11/h7H,3-6H2,1-2H3,(H,14,15). The lowest BCUT2D eigenvalue weighted by molar-refractivity contribution is -0.147. The van der Waals surface area contributed by atoms with E-state index in [4.69, 9.17) is 4.74 Å². The van der Waals surface area contributed by atoms with Crippen molar-refractivity contribution in [3.05, 3.63) is 17.5 Å². The van der Waals surface area contributed by atoms with Crippen LogP contribution in [0.15, 0.2) is 6.20 Å². The van der Waals surface area contributed by atoms with Crippen LogP contribution < -0.4 is 0 Å². The Kier molecular flexibility index (Phi) is 2.71. The number of nitrogens with zero attached hydrogens (tertiary/aromatic N) is 2. The zero-order chi connectivity index (χ0) is 11.8. The molecule has 1 aromatic rings. The van der Waals surface area contributed by atoms with E-state index in [9.17, 15) is 9.90 Å². The van der Waals surface area contributed by atoms with Crippen molar-refractivity contribution in [3.8, 4) is 0 Å². The fourth-order valence-corrected chi connectivity index (χ4v) is 2.29. The Bertz CT molecular complexity index is 405. The van der Waals surface area contributed by atoms with Crippen molar-refractivity contribution in [3.63, 3.8) is 0 Å². The smallest absolute Gasteiger partial charge is 0.314 e. The Balaban J connectivity index is 2.47. The SMILES string of the molecule is Cc1c(C2(C(=O)O)CCOCC2)cnn1C. The number of rotatable bonds is 2. The second-order valence-corrected chi connectivity index (χ2v) is 4.27. The van der Waals surface area contributed by atoms with E-state index in [1.54, 1.807) is 10.9 Å². The highest BCUT2D eigenvalue weighted by Crippen LogP contribution is 2.36. The molecule has 1 aromatic heterocycles. The lowest BCUT2D eigenvalue weighted by Crippen LogP contribution is -2.41. The van der Waals surface area contributed by atoms with E-state index in [0.29, 0.717) is 26.1 Å². The largest absolute Gasteiger partial charge is 0.481 e. The summed E-state index contributed by atoms with van der Waals surface area (Å²) in [6.07, 6.45) is 2.72. The van der Waals surface area contributed by atoms with Crippen molar-refractivity contribution in [1.29, 1.82) is 0 Å². The maximum Gasteiger partial charge on any atom is 0.314 e. The fraction of sp³-hybridized carbons (Fsp3) is 0.636. The molecule has 0 atom stereocenters. The zero-order valence-corrected chi connectivity index (χ0v) is 9.56. The third-order valence-corrected chi connectivity index (χ3v) is 3.51. The highest BCUT2D eigenvalue weighted by Gasteiger charge is 2.43. The first kappa shape index (κ1) is 11.1. The van der Waals surface area contributed by atoms with Crippen LogP contribution in [0.25, 0.3) is 0 Å². The number of aryl methyl sites for hydroxylation is 1. The van der Waals surface area contributed by atoms with Gasteiger partial charge in [-0.25, -0.2) is 0 Å². The van der Waals surface area contributed by atoms with Gasteiger partial charge in [-0.05, 0) is 19.8 Å². The molecule has 1 aliphatic heterocycles. The van der Waals surface area contributed by atoms with E-state index in [1.165, 1.54) is 0 Å². The normalized spacial score (nSPS) is 19.6. The third-order valence-electron chi connectivity index (χ3n) is 3.51. The van der Waals surface area contributed by atoms with Crippen molar-refractivity contribution >= 4 is 5.97 Å². The number of aliphatic carboxylic acids is 1. The molecule has 1 fully saturated rings. The molecule has 0 saturated carbocycles. The van der Waals surface area contributed by atoms with Gasteiger partial charge >= 0.3 is 5.97 Å². The lowest BCUT2D eigenvalue weighted by atomic mass is 9.74. The molecular formula is C11H16N2O3. The molecule has 2 rings (SSSR count). The Labute approximate surface area is 94.0 Å². The van der Waals surface area contributed by atoms with E-state index < -0.39 is 11.4 Å². The molecule has 5 nitrogen and oxygen atoms in total. The minimum Gasteiger partial charge on any atom is -0.481 e. The molecule has 0 bridgehead atoms. The first-order valence-corrected chi connectivity index (χ1v) is 5.38. The molecule has 1 saturated heterocycles. The van der Waals surface area contributed by atoms with Crippen molar-refractivity contribution < 1.29 is 14.6 Å². The maximum atomic E-state index is 11.5. The van der Waals surface area contributed by atoms with Gasteiger partial charge in [0.25, 0.3) is 0 Å². The van der Waals surface area contributed by atoms with Gasteiger partial charge in [-0.3, -0.25) is 9.48 Å². The molecule has 0 aliphatic carbocycles. The quantitative estimate of drug-likeness (QED) is 0.809. The molecule has 0 unspecified atom stereocenters. The molecule has 1 aliphatic rings. The van der Waals surface area contributed by atoms with E-state index in [0.717, 1.165) is 11.3 Å². The first-order valence-electron chi connectivity index (χ1n) is 5.38. The van der Waals surface area contributed by atoms with Gasteiger partial charge < -0.3 is 9.84 Å². The molecule has 2 heterocycles. The van der Waals surface area contributed by atoms with E-state index in [1.807, 2.05) is 14.0 Å². The van der Waals surface area contributed by atoms with Gasteiger partial charge in [-0.2, -0.15) is 5.10 Å². The van der Waals surface area contributed by atoms with Crippen LogP contribution in [0, 0.1) is 6.92 Å². The Morgan fingerprint density at radius 1 is 1.56 bits per heavy atom. The van der Waals surface area contributed by atoms with Gasteiger partial charge in [-0.1, -0.05) is 0 Å². The van der Waals surface area contributed by atoms with Crippen molar-refractivity contribution in [2.24, 2.45) is 7.05 Å². The highest BCUT2D eigenvalue weighted by molar-refractivity contribution is 5.81. The molecule has 0 amide bonds. The predicted octanol–water partition coefficient (Wildman–Crippen LogP) is 0.861. The maximum absolute atomic E-state index is 11.5. The summed E-state index contributed by atoms with van der Waals surface area (Å²) < 4.78 is 6.97. The summed E-state index contributed by atoms with van der Waals surface area (Å²) in [5, 5.41) is 13.6. The number of hydrogen-bond acceptors (Lipinski definition) is 3. The Morgan fingerprint density at radius 2 is 2.19 bits per heavy atom. The summed E-state index contributed by atoms with van der Waals surface area (Å²) in [4.78, 5) is 11.5. The Hall–Kier alpha value is -1.36. The molecule has 0 spiro atoms. The average molecular weight is 224 g/mol. The topological polar surface area (TPSA) is 64.3 Å². The van der Waals surface area contributed by atoms with Crippen LogP contribution in [0.5, 0.6) is 0 Å². The van der Waals surface area contributed by atoms with Crippen LogP contribution in [0.4, 0.5) is 0 Å². The van der Waals surface area contributed by atoms with E-state index in [2.05, 4.69) is 5.10 Å². The molecule has 0 radical (unpaired) electrons. The summed E-state index contributed by atoms with van der Waals surface area (Å²) in [6, 6.07) is 0. The third kappa shape index (κ3) is 1.51. The number of ether oxygens (including phenoxy) is 1. The highest BCUT2D eigenvalue weighted by atomic mass is 16.5. The van der Waals surface area contributed by atoms with E-state index >= 15 is 0 Å². The van der Waals surface area contributed by atoms with Crippen LogP contribution >= 0.6 is 0 Å². The molecule has 1 N–H and O–H groups in total. The van der Waals surface area contributed by atoms with Crippen LogP contribution in [0.1, 0.15) is 24.1 Å². The summed E-state index contributed by atoms with van der Waals surface area (Å²) >= 11 is 0. The van der Waals surface area contributed by atoms with Gasteiger partial charge in [0.2, 0.25) is 0 Å². The van der Waals surface area contributed by atoms with Gasteiger partial charge in [-0.15, -0.1) is 0 Å². The molecular weight excluding hydrogens is 208 g/mol. The first-order chi connectivity index (χ1) is 7.58. The van der Waals surface area contributed by atoms with Crippen molar-refractivity contribution in [1.82, 2.24) is 9.78 Å². The van der Waals surface area contributed by atoms with Gasteiger partial charge in [0, 0.05) is 31.5 Å². The number of carboxylic acid groups (broad SMARTS) is 1. The zero-order valence-electron chi connectivity index (χ0n) is 9.56. The lowest BCUT2D eigenvalue weighted by Gasteiger charge is -2.33. The number of aromatic nitrogens is 2. The minimum atomic E-state index is -0.809.